The van der Waals surface area contributed by atoms with Crippen LogP contribution in [-0.2, 0) is 0 Å². The summed E-state index contributed by atoms with van der Waals surface area (Å²) in [6, 6.07) is 0.582. The number of hydrazine groups is 1. The van der Waals surface area contributed by atoms with Crippen molar-refractivity contribution in [2.24, 2.45) is 11.8 Å². The van der Waals surface area contributed by atoms with Gasteiger partial charge in [0.15, 0.2) is 0 Å². The first kappa shape index (κ1) is 14.0. The van der Waals surface area contributed by atoms with Gasteiger partial charge in [0, 0.05) is 6.04 Å². The minimum Gasteiger partial charge on any atom is -0.271 e. The Bertz CT molecular complexity index is 90.5. The third-order valence-corrected chi connectivity index (χ3v) is 2.33. The second kappa shape index (κ2) is 7.17. The van der Waals surface area contributed by atoms with Crippen LogP contribution < -0.4 is 11.3 Å². The molecule has 0 unspecified atom stereocenters. The quantitative estimate of drug-likeness (QED) is 0.502. The normalized spacial score (nSPS) is 30.0. The molecule has 2 nitrogen and oxygen atoms in total. The maximum atomic E-state index is 5.34. The molecule has 1 fully saturated rings. The zero-order valence-corrected chi connectivity index (χ0v) is 8.51. The van der Waals surface area contributed by atoms with E-state index < -0.39 is 0 Å². The molecule has 0 aromatic carbocycles. The minimum absolute atomic E-state index is 0. The molecule has 0 amide bonds. The molecule has 4 heteroatoms. The van der Waals surface area contributed by atoms with Crippen molar-refractivity contribution in [1.29, 1.82) is 0 Å². The highest BCUT2D eigenvalue weighted by molar-refractivity contribution is 5.85. The van der Waals surface area contributed by atoms with Crippen LogP contribution in [0.1, 0.15) is 32.6 Å². The summed E-state index contributed by atoms with van der Waals surface area (Å²) in [6.45, 7) is 2.27. The van der Waals surface area contributed by atoms with Crippen LogP contribution in [0.4, 0.5) is 0 Å². The molecule has 1 saturated carbocycles. The molecule has 1 rings (SSSR count). The molecule has 70 valence electrons. The van der Waals surface area contributed by atoms with Gasteiger partial charge in [-0.15, -0.1) is 24.8 Å². The molecule has 0 radical (unpaired) electrons. The highest BCUT2D eigenvalue weighted by Gasteiger charge is 2.18. The Labute approximate surface area is 81.1 Å². The van der Waals surface area contributed by atoms with Gasteiger partial charge in [-0.25, -0.2) is 0 Å². The third kappa shape index (κ3) is 4.16. The summed E-state index contributed by atoms with van der Waals surface area (Å²) in [4.78, 5) is 0. The van der Waals surface area contributed by atoms with E-state index in [-0.39, 0.29) is 24.8 Å². The second-order valence-electron chi connectivity index (χ2n) is 3.03. The summed E-state index contributed by atoms with van der Waals surface area (Å²) in [6.07, 6.45) is 5.34. The molecule has 3 N–H and O–H groups in total. The van der Waals surface area contributed by atoms with Crippen LogP contribution in [0.3, 0.4) is 0 Å². The molecular weight excluding hydrogens is 183 g/mol. The maximum Gasteiger partial charge on any atom is 0.0236 e. The van der Waals surface area contributed by atoms with Crippen molar-refractivity contribution in [3.63, 3.8) is 0 Å². The average molecular weight is 201 g/mol. The van der Waals surface area contributed by atoms with Crippen LogP contribution in [0.5, 0.6) is 0 Å². The number of nitrogens with two attached hydrogens (primary N) is 1. The summed E-state index contributed by atoms with van der Waals surface area (Å²) >= 11 is 0. The fourth-order valence-corrected chi connectivity index (χ4v) is 1.56. The van der Waals surface area contributed by atoms with Gasteiger partial charge in [-0.1, -0.05) is 19.8 Å². The maximum absolute atomic E-state index is 5.34. The van der Waals surface area contributed by atoms with Gasteiger partial charge in [-0.3, -0.25) is 11.3 Å². The van der Waals surface area contributed by atoms with Gasteiger partial charge in [-0.05, 0) is 18.8 Å². The van der Waals surface area contributed by atoms with E-state index in [9.17, 15) is 0 Å². The Hall–Kier alpha value is 0.500. The molecule has 0 aromatic rings. The van der Waals surface area contributed by atoms with Crippen molar-refractivity contribution in [2.75, 3.05) is 0 Å². The van der Waals surface area contributed by atoms with Crippen molar-refractivity contribution in [2.45, 2.75) is 38.6 Å². The van der Waals surface area contributed by atoms with Crippen molar-refractivity contribution < 1.29 is 0 Å². The number of hydrogen-bond acceptors (Lipinski definition) is 2. The lowest BCUT2D eigenvalue weighted by atomic mass is 9.86. The van der Waals surface area contributed by atoms with Gasteiger partial charge in [-0.2, -0.15) is 0 Å². The van der Waals surface area contributed by atoms with Gasteiger partial charge in [0.2, 0.25) is 0 Å². The lowest BCUT2D eigenvalue weighted by Crippen LogP contribution is -2.41. The molecule has 11 heavy (non-hydrogen) atoms. The van der Waals surface area contributed by atoms with E-state index in [0.717, 1.165) is 5.92 Å². The highest BCUT2D eigenvalue weighted by Crippen LogP contribution is 2.22. The van der Waals surface area contributed by atoms with E-state index in [2.05, 4.69) is 12.3 Å². The monoisotopic (exact) mass is 200 g/mol. The number of halogens is 2. The van der Waals surface area contributed by atoms with Gasteiger partial charge in [0.1, 0.15) is 0 Å². The van der Waals surface area contributed by atoms with Crippen LogP contribution in [0.2, 0.25) is 0 Å². The van der Waals surface area contributed by atoms with Gasteiger partial charge in [0.25, 0.3) is 0 Å². The van der Waals surface area contributed by atoms with E-state index in [1.54, 1.807) is 0 Å². The Morgan fingerprint density at radius 3 is 2.09 bits per heavy atom. The topological polar surface area (TPSA) is 38.0 Å². The third-order valence-electron chi connectivity index (χ3n) is 2.33. The Morgan fingerprint density at radius 1 is 1.18 bits per heavy atom. The van der Waals surface area contributed by atoms with Gasteiger partial charge >= 0.3 is 0 Å². The minimum atomic E-state index is 0. The van der Waals surface area contributed by atoms with E-state index in [4.69, 9.17) is 5.84 Å². The first-order valence-corrected chi connectivity index (χ1v) is 3.80. The smallest absolute Gasteiger partial charge is 0.0236 e. The van der Waals surface area contributed by atoms with Crippen LogP contribution in [0, 0.1) is 5.92 Å². The first-order chi connectivity index (χ1) is 4.34. The van der Waals surface area contributed by atoms with Crippen LogP contribution in [0.15, 0.2) is 0 Å². The van der Waals surface area contributed by atoms with Crippen LogP contribution in [-0.4, -0.2) is 6.04 Å². The summed E-state index contributed by atoms with van der Waals surface area (Å²) < 4.78 is 0. The van der Waals surface area contributed by atoms with E-state index in [0.29, 0.717) is 6.04 Å². The summed E-state index contributed by atoms with van der Waals surface area (Å²) in [7, 11) is 0. The fourth-order valence-electron chi connectivity index (χ4n) is 1.56. The summed E-state index contributed by atoms with van der Waals surface area (Å²) in [5.74, 6) is 6.12. The zero-order valence-electron chi connectivity index (χ0n) is 6.88. The van der Waals surface area contributed by atoms with Crippen molar-refractivity contribution in [3.05, 3.63) is 0 Å². The summed E-state index contributed by atoms with van der Waals surface area (Å²) in [5.41, 5.74) is 2.85. The predicted octanol–water partition coefficient (Wildman–Crippen LogP) is 1.87. The summed E-state index contributed by atoms with van der Waals surface area (Å²) in [5, 5.41) is 0. The van der Waals surface area contributed by atoms with Gasteiger partial charge < -0.3 is 0 Å². The van der Waals surface area contributed by atoms with Crippen LogP contribution in [0.25, 0.3) is 0 Å². The van der Waals surface area contributed by atoms with Crippen molar-refractivity contribution in [3.8, 4) is 0 Å². The Morgan fingerprint density at radius 2 is 1.73 bits per heavy atom. The fraction of sp³-hybridized carbons (Fsp3) is 1.00. The van der Waals surface area contributed by atoms with Crippen LogP contribution >= 0.6 is 24.8 Å². The molecule has 0 spiro atoms. The van der Waals surface area contributed by atoms with Gasteiger partial charge in [0.05, 0.1) is 0 Å². The van der Waals surface area contributed by atoms with Crippen molar-refractivity contribution in [1.82, 2.24) is 5.43 Å². The van der Waals surface area contributed by atoms with E-state index >= 15 is 0 Å². The lowest BCUT2D eigenvalue weighted by molar-refractivity contribution is 0.284. The highest BCUT2D eigenvalue weighted by atomic mass is 35.5. The molecule has 1 aliphatic rings. The molecule has 0 heterocycles. The Kier molecular flexibility index (Phi) is 9.15. The average Bonchev–Trinajstić information content (AvgIpc) is 1.89. The molecule has 1 aliphatic carbocycles. The number of rotatable bonds is 1. The second-order valence-corrected chi connectivity index (χ2v) is 3.03. The first-order valence-electron chi connectivity index (χ1n) is 3.80. The van der Waals surface area contributed by atoms with Crippen molar-refractivity contribution >= 4 is 24.8 Å². The molecule has 0 saturated heterocycles. The zero-order chi connectivity index (χ0) is 6.69. The number of hydrogen-bond donors (Lipinski definition) is 2. The standard InChI is InChI=1S/C7H16N2.2ClH/c1-6-4-2-3-5-7(6)9-8;;/h6-7,9H,2-5,8H2,1H3;2*1H/t6-,7-;;/m1../s1. The molecule has 2 atom stereocenters. The van der Waals surface area contributed by atoms with E-state index in [1.165, 1.54) is 25.7 Å². The molecule has 0 aromatic heterocycles. The SMILES string of the molecule is C[C@@H]1CCCC[C@H]1NN.Cl.Cl. The van der Waals surface area contributed by atoms with E-state index in [1.807, 2.05) is 0 Å². The molecular formula is C7H18Cl2N2. The molecule has 0 aliphatic heterocycles. The number of nitrogens with one attached hydrogen (secondary N) is 1. The molecule has 0 bridgehead atoms. The lowest BCUT2D eigenvalue weighted by Gasteiger charge is -2.27. The largest absolute Gasteiger partial charge is 0.271 e. The Balaban J connectivity index is 0. The predicted molar refractivity (Wildman–Crippen MR) is 53.2 cm³/mol.